The molecule has 0 unspecified atom stereocenters. The van der Waals surface area contributed by atoms with Crippen LogP contribution >= 0.6 is 0 Å². The zero-order valence-corrected chi connectivity index (χ0v) is 14.7. The maximum Gasteiger partial charge on any atom is 0.251 e. The SMILES string of the molecule is O=C(NCC(=O)N(Cc1ccco1)Cc1ccccc1O)c1ccccc1. The van der Waals surface area contributed by atoms with Gasteiger partial charge in [0.15, 0.2) is 0 Å². The molecule has 0 aliphatic carbocycles. The number of hydrogen-bond acceptors (Lipinski definition) is 4. The van der Waals surface area contributed by atoms with E-state index in [4.69, 9.17) is 4.42 Å². The van der Waals surface area contributed by atoms with Crippen LogP contribution in [0.1, 0.15) is 21.7 Å². The van der Waals surface area contributed by atoms with E-state index in [1.54, 1.807) is 60.7 Å². The van der Waals surface area contributed by atoms with Crippen LogP contribution < -0.4 is 5.32 Å². The van der Waals surface area contributed by atoms with Crippen molar-refractivity contribution in [2.45, 2.75) is 13.1 Å². The average Bonchev–Trinajstić information content (AvgIpc) is 3.21. The van der Waals surface area contributed by atoms with Crippen LogP contribution in [-0.4, -0.2) is 28.4 Å². The van der Waals surface area contributed by atoms with E-state index in [0.717, 1.165) is 0 Å². The molecule has 0 spiro atoms. The highest BCUT2D eigenvalue weighted by Gasteiger charge is 2.18. The van der Waals surface area contributed by atoms with Gasteiger partial charge in [0, 0.05) is 17.7 Å². The number of aromatic hydroxyl groups is 1. The fraction of sp³-hybridized carbons (Fsp3) is 0.143. The molecule has 0 aliphatic heterocycles. The number of nitrogens with one attached hydrogen (secondary N) is 1. The third kappa shape index (κ3) is 4.98. The Morgan fingerprint density at radius 1 is 0.926 bits per heavy atom. The van der Waals surface area contributed by atoms with Crippen LogP contribution in [0.5, 0.6) is 5.75 Å². The molecule has 0 saturated heterocycles. The Bertz CT molecular complexity index is 892. The maximum atomic E-state index is 12.7. The standard InChI is InChI=1S/C21H20N2O4/c24-19-11-5-4-9-17(19)14-23(15-18-10-6-12-27-18)20(25)13-22-21(26)16-7-2-1-3-8-16/h1-12,24H,13-15H2,(H,22,26). The summed E-state index contributed by atoms with van der Waals surface area (Å²) < 4.78 is 5.33. The Morgan fingerprint density at radius 2 is 1.67 bits per heavy atom. The van der Waals surface area contributed by atoms with Crippen molar-refractivity contribution in [2.75, 3.05) is 6.54 Å². The molecule has 0 atom stereocenters. The molecule has 0 saturated carbocycles. The Hall–Kier alpha value is -3.54. The third-order valence-corrected chi connectivity index (χ3v) is 4.07. The molecule has 2 aromatic carbocycles. The molecule has 138 valence electrons. The number of hydrogen-bond donors (Lipinski definition) is 2. The highest BCUT2D eigenvalue weighted by atomic mass is 16.3. The second kappa shape index (κ2) is 8.71. The number of nitrogens with zero attached hydrogens (tertiary/aromatic N) is 1. The van der Waals surface area contributed by atoms with E-state index in [9.17, 15) is 14.7 Å². The normalized spacial score (nSPS) is 10.4. The number of phenolic OH excluding ortho intramolecular Hbond substituents is 1. The zero-order valence-electron chi connectivity index (χ0n) is 14.7. The highest BCUT2D eigenvalue weighted by Crippen LogP contribution is 2.19. The molecule has 3 aromatic rings. The molecule has 1 aromatic heterocycles. The Balaban J connectivity index is 1.68. The van der Waals surface area contributed by atoms with E-state index in [1.807, 2.05) is 6.07 Å². The molecule has 0 fully saturated rings. The summed E-state index contributed by atoms with van der Waals surface area (Å²) in [6.07, 6.45) is 1.54. The fourth-order valence-electron chi connectivity index (χ4n) is 2.63. The summed E-state index contributed by atoms with van der Waals surface area (Å²) >= 11 is 0. The van der Waals surface area contributed by atoms with Crippen molar-refractivity contribution in [3.05, 3.63) is 89.9 Å². The van der Waals surface area contributed by atoms with Gasteiger partial charge in [-0.2, -0.15) is 0 Å². The quantitative estimate of drug-likeness (QED) is 0.675. The van der Waals surface area contributed by atoms with Gasteiger partial charge in [0.25, 0.3) is 5.91 Å². The van der Waals surface area contributed by atoms with Gasteiger partial charge < -0.3 is 19.7 Å². The van der Waals surface area contributed by atoms with Gasteiger partial charge in [-0.3, -0.25) is 9.59 Å². The fourth-order valence-corrected chi connectivity index (χ4v) is 2.63. The Morgan fingerprint density at radius 3 is 2.37 bits per heavy atom. The van der Waals surface area contributed by atoms with Gasteiger partial charge in [-0.15, -0.1) is 0 Å². The van der Waals surface area contributed by atoms with Gasteiger partial charge in [0.1, 0.15) is 11.5 Å². The molecule has 0 aliphatic rings. The van der Waals surface area contributed by atoms with Crippen molar-refractivity contribution in [3.8, 4) is 5.75 Å². The molecule has 27 heavy (non-hydrogen) atoms. The van der Waals surface area contributed by atoms with Crippen LogP contribution in [0.4, 0.5) is 0 Å². The molecule has 6 heteroatoms. The Kier molecular flexibility index (Phi) is 5.89. The number of phenols is 1. The van der Waals surface area contributed by atoms with Crippen LogP contribution in [0.3, 0.4) is 0 Å². The van der Waals surface area contributed by atoms with E-state index in [-0.39, 0.29) is 37.2 Å². The van der Waals surface area contributed by atoms with Crippen molar-refractivity contribution in [1.82, 2.24) is 10.2 Å². The number of benzene rings is 2. The summed E-state index contributed by atoms with van der Waals surface area (Å²) in [5.74, 6) is 0.139. The zero-order chi connectivity index (χ0) is 19.1. The summed E-state index contributed by atoms with van der Waals surface area (Å²) in [5.41, 5.74) is 1.11. The minimum Gasteiger partial charge on any atom is -0.508 e. The van der Waals surface area contributed by atoms with Crippen molar-refractivity contribution >= 4 is 11.8 Å². The smallest absolute Gasteiger partial charge is 0.251 e. The van der Waals surface area contributed by atoms with Gasteiger partial charge in [-0.25, -0.2) is 0 Å². The number of rotatable bonds is 7. The molecule has 1 heterocycles. The molecular formula is C21H20N2O4. The first kappa shape index (κ1) is 18.3. The van der Waals surface area contributed by atoms with Crippen molar-refractivity contribution in [2.24, 2.45) is 0 Å². The maximum absolute atomic E-state index is 12.7. The second-order valence-corrected chi connectivity index (χ2v) is 6.01. The lowest BCUT2D eigenvalue weighted by atomic mass is 10.2. The van der Waals surface area contributed by atoms with Crippen LogP contribution in [0, 0.1) is 0 Å². The van der Waals surface area contributed by atoms with Gasteiger partial charge in [-0.05, 0) is 30.3 Å². The first-order valence-electron chi connectivity index (χ1n) is 8.54. The minimum atomic E-state index is -0.315. The predicted molar refractivity (Wildman–Crippen MR) is 99.8 cm³/mol. The van der Waals surface area contributed by atoms with E-state index < -0.39 is 0 Å². The largest absolute Gasteiger partial charge is 0.508 e. The predicted octanol–water partition coefficient (Wildman–Crippen LogP) is 2.94. The molecular weight excluding hydrogens is 344 g/mol. The van der Waals surface area contributed by atoms with Crippen molar-refractivity contribution < 1.29 is 19.1 Å². The summed E-state index contributed by atoms with van der Waals surface area (Å²) in [5, 5.41) is 12.6. The second-order valence-electron chi connectivity index (χ2n) is 6.01. The lowest BCUT2D eigenvalue weighted by Crippen LogP contribution is -2.39. The summed E-state index contributed by atoms with van der Waals surface area (Å²) in [6, 6.07) is 19.1. The van der Waals surface area contributed by atoms with Crippen LogP contribution in [0.15, 0.2) is 77.4 Å². The summed E-state index contributed by atoms with van der Waals surface area (Å²) in [6.45, 7) is 0.289. The van der Waals surface area contributed by atoms with Gasteiger partial charge >= 0.3 is 0 Å². The number of amides is 2. The van der Waals surface area contributed by atoms with Crippen LogP contribution in [-0.2, 0) is 17.9 Å². The lowest BCUT2D eigenvalue weighted by Gasteiger charge is -2.22. The third-order valence-electron chi connectivity index (χ3n) is 4.07. The van der Waals surface area contributed by atoms with Gasteiger partial charge in [0.05, 0.1) is 19.4 Å². The molecule has 3 rings (SSSR count). The number of carbonyl (C=O) groups excluding carboxylic acids is 2. The molecule has 0 radical (unpaired) electrons. The molecule has 0 bridgehead atoms. The minimum absolute atomic E-state index is 0.114. The van der Waals surface area contributed by atoms with Crippen molar-refractivity contribution in [1.29, 1.82) is 0 Å². The van der Waals surface area contributed by atoms with Crippen LogP contribution in [0.25, 0.3) is 0 Å². The first-order valence-corrected chi connectivity index (χ1v) is 8.54. The Labute approximate surface area is 157 Å². The number of furan rings is 1. The topological polar surface area (TPSA) is 82.8 Å². The molecule has 2 N–H and O–H groups in total. The van der Waals surface area contributed by atoms with Crippen LogP contribution in [0.2, 0.25) is 0 Å². The van der Waals surface area contributed by atoms with E-state index in [0.29, 0.717) is 16.9 Å². The van der Waals surface area contributed by atoms with E-state index in [1.165, 1.54) is 11.2 Å². The molecule has 2 amide bonds. The monoisotopic (exact) mass is 364 g/mol. The number of para-hydroxylation sites is 1. The highest BCUT2D eigenvalue weighted by molar-refractivity contribution is 5.96. The van der Waals surface area contributed by atoms with E-state index >= 15 is 0 Å². The average molecular weight is 364 g/mol. The summed E-state index contributed by atoms with van der Waals surface area (Å²) in [7, 11) is 0. The molecule has 6 nitrogen and oxygen atoms in total. The van der Waals surface area contributed by atoms with Crippen molar-refractivity contribution in [3.63, 3.8) is 0 Å². The lowest BCUT2D eigenvalue weighted by molar-refractivity contribution is -0.131. The van der Waals surface area contributed by atoms with E-state index in [2.05, 4.69) is 5.32 Å². The van der Waals surface area contributed by atoms with Gasteiger partial charge in [-0.1, -0.05) is 36.4 Å². The van der Waals surface area contributed by atoms with Gasteiger partial charge in [0.2, 0.25) is 5.91 Å². The first-order chi connectivity index (χ1) is 13.1. The number of carbonyl (C=O) groups is 2. The summed E-state index contributed by atoms with van der Waals surface area (Å²) in [4.78, 5) is 26.4.